The van der Waals surface area contributed by atoms with Crippen LogP contribution in [0.1, 0.15) is 19.3 Å². The normalized spacial score (nSPS) is 14.3. The van der Waals surface area contributed by atoms with Crippen molar-refractivity contribution in [2.75, 3.05) is 23.3 Å². The summed E-state index contributed by atoms with van der Waals surface area (Å²) in [5.41, 5.74) is 0.884. The molecule has 2 heterocycles. The van der Waals surface area contributed by atoms with Crippen LogP contribution in [0, 0.1) is 0 Å². The highest BCUT2D eigenvalue weighted by Gasteiger charge is 2.09. The molecule has 30 heavy (non-hydrogen) atoms. The minimum absolute atomic E-state index is 0.580. The third kappa shape index (κ3) is 5.70. The molecule has 0 saturated carbocycles. The Balaban J connectivity index is 1.46. The second-order valence-electron chi connectivity index (χ2n) is 7.08. The Labute approximate surface area is 177 Å². The molecule has 5 nitrogen and oxygen atoms in total. The van der Waals surface area contributed by atoms with Gasteiger partial charge in [-0.1, -0.05) is 48.6 Å². The van der Waals surface area contributed by atoms with Gasteiger partial charge >= 0.3 is 0 Å². The molecule has 152 valence electrons. The molecule has 1 aliphatic heterocycles. The van der Waals surface area contributed by atoms with Crippen molar-refractivity contribution in [1.82, 2.24) is 9.97 Å². The molecule has 0 fully saturated rings. The van der Waals surface area contributed by atoms with Crippen molar-refractivity contribution in [2.45, 2.75) is 19.3 Å². The molecule has 0 bridgehead atoms. The lowest BCUT2D eigenvalue weighted by molar-refractivity contribution is 0.483. The number of para-hydroxylation sites is 1. The summed E-state index contributed by atoms with van der Waals surface area (Å²) in [6.45, 7) is 1.93. The highest BCUT2D eigenvalue weighted by Crippen LogP contribution is 2.25. The van der Waals surface area contributed by atoms with Gasteiger partial charge in [0, 0.05) is 31.0 Å². The van der Waals surface area contributed by atoms with E-state index >= 15 is 0 Å². The quantitative estimate of drug-likeness (QED) is 0.561. The summed E-state index contributed by atoms with van der Waals surface area (Å²) in [7, 11) is 0. The number of hydrogen-bond acceptors (Lipinski definition) is 5. The molecule has 3 aromatic rings. The third-order valence-electron chi connectivity index (χ3n) is 4.78. The molecule has 1 aromatic heterocycles. The van der Waals surface area contributed by atoms with E-state index < -0.39 is 0 Å². The molecule has 0 aliphatic carbocycles. The fourth-order valence-corrected chi connectivity index (χ4v) is 3.30. The van der Waals surface area contributed by atoms with Gasteiger partial charge in [0.15, 0.2) is 0 Å². The van der Waals surface area contributed by atoms with Crippen LogP contribution in [-0.4, -0.2) is 23.1 Å². The van der Waals surface area contributed by atoms with Gasteiger partial charge in [-0.2, -0.15) is 4.98 Å². The molecule has 0 unspecified atom stereocenters. The largest absolute Gasteiger partial charge is 0.457 e. The first kappa shape index (κ1) is 19.7. The number of allylic oxidation sites excluding steroid dienone is 3. The van der Waals surface area contributed by atoms with Crippen molar-refractivity contribution in [3.05, 3.63) is 91.2 Å². The summed E-state index contributed by atoms with van der Waals surface area (Å²) in [6.07, 6.45) is 13.7. The third-order valence-corrected chi connectivity index (χ3v) is 4.78. The maximum absolute atomic E-state index is 5.92. The predicted molar refractivity (Wildman–Crippen MR) is 123 cm³/mol. The Morgan fingerprint density at radius 2 is 1.67 bits per heavy atom. The second kappa shape index (κ2) is 10.3. The Hall–Kier alpha value is -3.60. The highest BCUT2D eigenvalue weighted by molar-refractivity contribution is 5.57. The Kier molecular flexibility index (Phi) is 6.74. The number of rotatable bonds is 5. The summed E-state index contributed by atoms with van der Waals surface area (Å²) in [5, 5.41) is 3.31. The van der Waals surface area contributed by atoms with Crippen molar-refractivity contribution in [1.29, 1.82) is 0 Å². The number of ether oxygens (including phenoxy) is 1. The van der Waals surface area contributed by atoms with E-state index in [9.17, 15) is 0 Å². The maximum atomic E-state index is 5.92. The Morgan fingerprint density at radius 1 is 0.833 bits per heavy atom. The van der Waals surface area contributed by atoms with Crippen LogP contribution >= 0.6 is 0 Å². The van der Waals surface area contributed by atoms with Crippen LogP contribution in [0.3, 0.4) is 0 Å². The van der Waals surface area contributed by atoms with E-state index in [1.807, 2.05) is 66.9 Å². The van der Waals surface area contributed by atoms with Gasteiger partial charge in [0.25, 0.3) is 0 Å². The Bertz CT molecular complexity index is 1000. The summed E-state index contributed by atoms with van der Waals surface area (Å²) in [6, 6.07) is 19.5. The number of aromatic nitrogens is 2. The molecule has 0 spiro atoms. The maximum Gasteiger partial charge on any atom is 0.229 e. The zero-order valence-electron chi connectivity index (χ0n) is 16.9. The topological polar surface area (TPSA) is 50.3 Å². The van der Waals surface area contributed by atoms with Crippen molar-refractivity contribution in [3.8, 4) is 11.5 Å². The van der Waals surface area contributed by atoms with Crippen LogP contribution < -0.4 is 15.0 Å². The van der Waals surface area contributed by atoms with Crippen LogP contribution in [0.4, 0.5) is 17.5 Å². The minimum Gasteiger partial charge on any atom is -0.457 e. The molecule has 5 heteroatoms. The van der Waals surface area contributed by atoms with Crippen molar-refractivity contribution >= 4 is 17.5 Å². The number of anilines is 3. The monoisotopic (exact) mass is 398 g/mol. The zero-order valence-corrected chi connectivity index (χ0v) is 16.9. The van der Waals surface area contributed by atoms with Gasteiger partial charge in [0.05, 0.1) is 0 Å². The molecule has 1 aliphatic rings. The van der Waals surface area contributed by atoms with Crippen LogP contribution in [-0.2, 0) is 0 Å². The Morgan fingerprint density at radius 3 is 2.57 bits per heavy atom. The molecule has 0 atom stereocenters. The van der Waals surface area contributed by atoms with Crippen LogP contribution in [0.5, 0.6) is 11.5 Å². The van der Waals surface area contributed by atoms with Crippen molar-refractivity contribution < 1.29 is 4.74 Å². The molecule has 4 rings (SSSR count). The fourth-order valence-electron chi connectivity index (χ4n) is 3.30. The summed E-state index contributed by atoms with van der Waals surface area (Å²) in [5.74, 6) is 3.10. The number of benzene rings is 2. The summed E-state index contributed by atoms with van der Waals surface area (Å²) >= 11 is 0. The van der Waals surface area contributed by atoms with E-state index in [0.717, 1.165) is 55.4 Å². The first-order chi connectivity index (χ1) is 14.9. The van der Waals surface area contributed by atoms with E-state index in [1.165, 1.54) is 0 Å². The molecule has 1 N–H and O–H groups in total. The first-order valence-electron chi connectivity index (χ1n) is 10.4. The van der Waals surface area contributed by atoms with E-state index in [4.69, 9.17) is 9.72 Å². The van der Waals surface area contributed by atoms with Crippen LogP contribution in [0.25, 0.3) is 0 Å². The summed E-state index contributed by atoms with van der Waals surface area (Å²) < 4.78 is 5.92. The number of nitrogens with one attached hydrogen (secondary N) is 1. The van der Waals surface area contributed by atoms with Crippen molar-refractivity contribution in [3.63, 3.8) is 0 Å². The minimum atomic E-state index is 0.580. The lowest BCUT2D eigenvalue weighted by atomic mass is 10.2. The van der Waals surface area contributed by atoms with Crippen molar-refractivity contribution in [2.24, 2.45) is 0 Å². The molecule has 0 amide bonds. The van der Waals surface area contributed by atoms with Gasteiger partial charge in [0.1, 0.15) is 17.3 Å². The summed E-state index contributed by atoms with van der Waals surface area (Å²) in [4.78, 5) is 11.5. The lowest BCUT2D eigenvalue weighted by Gasteiger charge is -2.23. The van der Waals surface area contributed by atoms with Crippen LogP contribution in [0.2, 0.25) is 0 Å². The van der Waals surface area contributed by atoms with E-state index in [0.29, 0.717) is 5.95 Å². The number of nitrogens with zero attached hydrogens (tertiary/aromatic N) is 3. The van der Waals surface area contributed by atoms with Gasteiger partial charge in [0.2, 0.25) is 5.95 Å². The van der Waals surface area contributed by atoms with Gasteiger partial charge in [-0.15, -0.1) is 0 Å². The highest BCUT2D eigenvalue weighted by atomic mass is 16.5. The zero-order chi connectivity index (χ0) is 20.4. The smallest absolute Gasteiger partial charge is 0.229 e. The second-order valence-corrected chi connectivity index (χ2v) is 7.08. The van der Waals surface area contributed by atoms with Gasteiger partial charge in [-0.3, -0.25) is 0 Å². The molecular formula is C25H26N4O. The van der Waals surface area contributed by atoms with E-state index in [-0.39, 0.29) is 0 Å². The van der Waals surface area contributed by atoms with E-state index in [1.54, 1.807) is 0 Å². The van der Waals surface area contributed by atoms with Gasteiger partial charge in [-0.05, 0) is 49.6 Å². The average Bonchev–Trinajstić information content (AvgIpc) is 2.78. The van der Waals surface area contributed by atoms with Gasteiger partial charge < -0.3 is 15.0 Å². The van der Waals surface area contributed by atoms with E-state index in [2.05, 4.69) is 39.5 Å². The average molecular weight is 399 g/mol. The predicted octanol–water partition coefficient (Wildman–Crippen LogP) is 6.12. The standard InChI is InChI=1S/C25H26N4O/c1-2-4-9-18-29(19-10-5-3-1)24-16-17-26-25(28-24)27-21-12-11-15-23(20-21)30-22-13-7-6-8-14-22/h1-4,6-8,11-17,20H,5,9-10,18-19H2,(H,26,27,28). The lowest BCUT2D eigenvalue weighted by Crippen LogP contribution is -2.26. The first-order valence-corrected chi connectivity index (χ1v) is 10.4. The number of hydrogen-bond donors (Lipinski definition) is 1. The molecular weight excluding hydrogens is 372 g/mol. The fraction of sp³-hybridized carbons (Fsp3) is 0.200. The van der Waals surface area contributed by atoms with Gasteiger partial charge in [-0.25, -0.2) is 4.98 Å². The molecule has 0 saturated heterocycles. The SMILES string of the molecule is C1=CCCCN(c2ccnc(Nc3cccc(Oc4ccccc4)c3)n2)CCC=C1. The molecule has 0 radical (unpaired) electrons. The van der Waals surface area contributed by atoms with Crippen LogP contribution in [0.15, 0.2) is 91.2 Å². The molecule has 2 aromatic carbocycles.